The van der Waals surface area contributed by atoms with Gasteiger partial charge in [0.25, 0.3) is 0 Å². The smallest absolute Gasteiger partial charge is 0.315 e. The van der Waals surface area contributed by atoms with Crippen LogP contribution in [0.15, 0.2) is 24.3 Å². The largest absolute Gasteiger partial charge is 0.481 e. The number of aliphatic carboxylic acids is 1. The highest BCUT2D eigenvalue weighted by molar-refractivity contribution is 6.30. The second-order valence-electron chi connectivity index (χ2n) is 3.93. The van der Waals surface area contributed by atoms with Crippen LogP contribution in [0.4, 0.5) is 4.79 Å². The van der Waals surface area contributed by atoms with Crippen LogP contribution < -0.4 is 10.6 Å². The van der Waals surface area contributed by atoms with E-state index in [2.05, 4.69) is 10.6 Å². The van der Waals surface area contributed by atoms with Crippen molar-refractivity contribution in [3.63, 3.8) is 0 Å². The van der Waals surface area contributed by atoms with Gasteiger partial charge in [-0.1, -0.05) is 30.7 Å². The Kier molecular flexibility index (Phi) is 5.45. The van der Waals surface area contributed by atoms with Crippen molar-refractivity contribution < 1.29 is 14.7 Å². The lowest BCUT2D eigenvalue weighted by Crippen LogP contribution is -2.38. The van der Waals surface area contributed by atoms with Gasteiger partial charge < -0.3 is 15.7 Å². The molecule has 6 heteroatoms. The number of urea groups is 1. The first kappa shape index (κ1) is 14.3. The summed E-state index contributed by atoms with van der Waals surface area (Å²) in [4.78, 5) is 21.9. The maximum Gasteiger partial charge on any atom is 0.315 e. The topological polar surface area (TPSA) is 78.4 Å². The third-order valence-electron chi connectivity index (χ3n) is 2.33. The van der Waals surface area contributed by atoms with Gasteiger partial charge in [0.15, 0.2) is 0 Å². The van der Waals surface area contributed by atoms with E-state index in [0.29, 0.717) is 11.6 Å². The van der Waals surface area contributed by atoms with E-state index in [1.807, 2.05) is 6.07 Å². The summed E-state index contributed by atoms with van der Waals surface area (Å²) in [7, 11) is 0. The zero-order valence-corrected chi connectivity index (χ0v) is 10.7. The molecule has 1 aromatic rings. The standard InChI is InChI=1S/C12H15ClN2O3/c1-8(11(16)17)6-14-12(18)15-7-9-3-2-4-10(13)5-9/h2-5,8H,6-7H2,1H3,(H,16,17)(H2,14,15,18). The molecule has 0 bridgehead atoms. The van der Waals surface area contributed by atoms with Gasteiger partial charge in [-0.3, -0.25) is 4.79 Å². The zero-order valence-electron chi connectivity index (χ0n) is 9.94. The SMILES string of the molecule is CC(CNC(=O)NCc1cccc(Cl)c1)C(=O)O. The Labute approximate surface area is 110 Å². The number of carboxylic acids is 1. The summed E-state index contributed by atoms with van der Waals surface area (Å²) in [5.74, 6) is -1.55. The average molecular weight is 271 g/mol. The number of benzene rings is 1. The van der Waals surface area contributed by atoms with Crippen molar-refractivity contribution in [2.75, 3.05) is 6.54 Å². The Morgan fingerprint density at radius 1 is 1.39 bits per heavy atom. The van der Waals surface area contributed by atoms with Crippen molar-refractivity contribution >= 4 is 23.6 Å². The minimum atomic E-state index is -0.940. The van der Waals surface area contributed by atoms with Gasteiger partial charge in [-0.25, -0.2) is 4.79 Å². The highest BCUT2D eigenvalue weighted by Crippen LogP contribution is 2.10. The molecule has 5 nitrogen and oxygen atoms in total. The minimum absolute atomic E-state index is 0.0940. The second kappa shape index (κ2) is 6.86. The molecule has 0 saturated carbocycles. The van der Waals surface area contributed by atoms with Gasteiger partial charge in [0, 0.05) is 18.1 Å². The molecular weight excluding hydrogens is 256 g/mol. The minimum Gasteiger partial charge on any atom is -0.481 e. The number of hydrogen-bond acceptors (Lipinski definition) is 2. The molecule has 0 aliphatic heterocycles. The third kappa shape index (κ3) is 5.05. The highest BCUT2D eigenvalue weighted by Gasteiger charge is 2.11. The van der Waals surface area contributed by atoms with Crippen LogP contribution in [0.1, 0.15) is 12.5 Å². The Hall–Kier alpha value is -1.75. The number of carboxylic acid groups (broad SMARTS) is 1. The molecule has 0 aromatic heterocycles. The molecular formula is C12H15ClN2O3. The predicted molar refractivity (Wildman–Crippen MR) is 68.5 cm³/mol. The second-order valence-corrected chi connectivity index (χ2v) is 4.37. The molecule has 1 rings (SSSR count). The van der Waals surface area contributed by atoms with Gasteiger partial charge in [-0.2, -0.15) is 0 Å². The third-order valence-corrected chi connectivity index (χ3v) is 2.57. The quantitative estimate of drug-likeness (QED) is 0.764. The number of nitrogens with one attached hydrogen (secondary N) is 2. The van der Waals surface area contributed by atoms with E-state index in [1.165, 1.54) is 6.92 Å². The predicted octanol–water partition coefficient (Wildman–Crippen LogP) is 1.86. The fourth-order valence-corrected chi connectivity index (χ4v) is 1.44. The number of carbonyl (C=O) groups is 2. The van der Waals surface area contributed by atoms with Gasteiger partial charge in [-0.15, -0.1) is 0 Å². The van der Waals surface area contributed by atoms with Crippen molar-refractivity contribution in [1.82, 2.24) is 10.6 Å². The number of hydrogen-bond donors (Lipinski definition) is 3. The van der Waals surface area contributed by atoms with Gasteiger partial charge >= 0.3 is 12.0 Å². The lowest BCUT2D eigenvalue weighted by Gasteiger charge is -2.10. The molecule has 98 valence electrons. The van der Waals surface area contributed by atoms with Crippen molar-refractivity contribution in [3.8, 4) is 0 Å². The molecule has 1 atom stereocenters. The lowest BCUT2D eigenvalue weighted by atomic mass is 10.2. The molecule has 1 unspecified atom stereocenters. The number of halogens is 1. The Balaban J connectivity index is 2.31. The monoisotopic (exact) mass is 270 g/mol. The molecule has 18 heavy (non-hydrogen) atoms. The van der Waals surface area contributed by atoms with Crippen LogP contribution in [0, 0.1) is 5.92 Å². The Morgan fingerprint density at radius 3 is 2.72 bits per heavy atom. The van der Waals surface area contributed by atoms with Gasteiger partial charge in [0.2, 0.25) is 0 Å². The lowest BCUT2D eigenvalue weighted by molar-refractivity contribution is -0.140. The molecule has 0 fully saturated rings. The summed E-state index contributed by atoms with van der Waals surface area (Å²) in [5.41, 5.74) is 0.879. The van der Waals surface area contributed by atoms with Crippen molar-refractivity contribution in [1.29, 1.82) is 0 Å². The number of carbonyl (C=O) groups excluding carboxylic acids is 1. The molecule has 0 aliphatic carbocycles. The van der Waals surface area contributed by atoms with Gasteiger partial charge in [-0.05, 0) is 17.7 Å². The molecule has 2 amide bonds. The van der Waals surface area contributed by atoms with E-state index in [0.717, 1.165) is 5.56 Å². The van der Waals surface area contributed by atoms with E-state index in [9.17, 15) is 9.59 Å². The van der Waals surface area contributed by atoms with Crippen LogP contribution in [0.3, 0.4) is 0 Å². The molecule has 0 heterocycles. The fourth-order valence-electron chi connectivity index (χ4n) is 1.22. The fraction of sp³-hybridized carbons (Fsp3) is 0.333. The molecule has 0 radical (unpaired) electrons. The van der Waals surface area contributed by atoms with Crippen molar-refractivity contribution in [3.05, 3.63) is 34.9 Å². The van der Waals surface area contributed by atoms with Gasteiger partial charge in [0.05, 0.1) is 5.92 Å². The van der Waals surface area contributed by atoms with Crippen LogP contribution in [-0.2, 0) is 11.3 Å². The average Bonchev–Trinajstić information content (AvgIpc) is 2.33. The Morgan fingerprint density at radius 2 is 2.11 bits per heavy atom. The van der Waals surface area contributed by atoms with Crippen LogP contribution in [0.5, 0.6) is 0 Å². The van der Waals surface area contributed by atoms with E-state index in [1.54, 1.807) is 18.2 Å². The van der Waals surface area contributed by atoms with Crippen LogP contribution in [0.25, 0.3) is 0 Å². The molecule has 3 N–H and O–H groups in total. The maximum absolute atomic E-state index is 11.4. The van der Waals surface area contributed by atoms with Crippen LogP contribution in [-0.4, -0.2) is 23.7 Å². The van der Waals surface area contributed by atoms with Crippen LogP contribution in [0.2, 0.25) is 5.02 Å². The summed E-state index contributed by atoms with van der Waals surface area (Å²) in [6.45, 7) is 1.96. The summed E-state index contributed by atoms with van der Waals surface area (Å²) in [6, 6.07) is 6.74. The van der Waals surface area contributed by atoms with Crippen molar-refractivity contribution in [2.24, 2.45) is 5.92 Å². The van der Waals surface area contributed by atoms with E-state index < -0.39 is 17.9 Å². The first-order chi connectivity index (χ1) is 8.49. The van der Waals surface area contributed by atoms with E-state index >= 15 is 0 Å². The summed E-state index contributed by atoms with van der Waals surface area (Å²) in [5, 5.41) is 14.4. The number of amides is 2. The van der Waals surface area contributed by atoms with E-state index in [-0.39, 0.29) is 6.54 Å². The van der Waals surface area contributed by atoms with Crippen LogP contribution >= 0.6 is 11.6 Å². The first-order valence-electron chi connectivity index (χ1n) is 5.48. The zero-order chi connectivity index (χ0) is 13.5. The molecule has 0 saturated heterocycles. The molecule has 1 aromatic carbocycles. The maximum atomic E-state index is 11.4. The summed E-state index contributed by atoms with van der Waals surface area (Å²) < 4.78 is 0. The van der Waals surface area contributed by atoms with Gasteiger partial charge in [0.1, 0.15) is 0 Å². The normalized spacial score (nSPS) is 11.7. The van der Waals surface area contributed by atoms with Crippen molar-refractivity contribution in [2.45, 2.75) is 13.5 Å². The summed E-state index contributed by atoms with van der Waals surface area (Å²) in [6.07, 6.45) is 0. The first-order valence-corrected chi connectivity index (χ1v) is 5.86. The van der Waals surface area contributed by atoms with E-state index in [4.69, 9.17) is 16.7 Å². The Bertz CT molecular complexity index is 437. The molecule has 0 aliphatic rings. The highest BCUT2D eigenvalue weighted by atomic mass is 35.5. The molecule has 0 spiro atoms. The number of rotatable bonds is 5. The summed E-state index contributed by atoms with van der Waals surface area (Å²) >= 11 is 5.80.